The van der Waals surface area contributed by atoms with Gasteiger partial charge in [-0.2, -0.15) is 0 Å². The summed E-state index contributed by atoms with van der Waals surface area (Å²) in [5.74, 6) is -2.13. The Hall–Kier alpha value is -3.39. The van der Waals surface area contributed by atoms with Gasteiger partial charge in [0.1, 0.15) is 18.7 Å². The van der Waals surface area contributed by atoms with Crippen molar-refractivity contribution >= 4 is 18.0 Å². The number of fused-ring (bicyclic) bond motifs is 3. The van der Waals surface area contributed by atoms with E-state index < -0.39 is 36.7 Å². The normalized spacial score (nSPS) is 14.1. The number of carbonyl (C=O) groups excluding carboxylic acids is 2. The predicted octanol–water partition coefficient (Wildman–Crippen LogP) is 2.65. The molecule has 0 aliphatic heterocycles. The summed E-state index contributed by atoms with van der Waals surface area (Å²) >= 11 is 0. The molecule has 3 rings (SSSR count). The maximum atomic E-state index is 12.5. The quantitative estimate of drug-likeness (QED) is 0.450. The molecule has 2 aromatic carbocycles. The lowest BCUT2D eigenvalue weighted by molar-refractivity contribution is -0.143. The summed E-state index contributed by atoms with van der Waals surface area (Å²) in [5, 5.41) is 23.0. The summed E-state index contributed by atoms with van der Waals surface area (Å²) in [5.41, 5.74) is 4.38. The Balaban J connectivity index is 1.65. The van der Waals surface area contributed by atoms with Crippen LogP contribution in [0.5, 0.6) is 0 Å². The van der Waals surface area contributed by atoms with Crippen LogP contribution < -0.4 is 10.6 Å². The minimum absolute atomic E-state index is 0.108. The molecule has 2 atom stereocenters. The Labute approximate surface area is 186 Å². The molecule has 8 heteroatoms. The number of amides is 2. The van der Waals surface area contributed by atoms with E-state index in [0.29, 0.717) is 12.8 Å². The molecule has 32 heavy (non-hydrogen) atoms. The molecule has 0 fully saturated rings. The number of aliphatic hydroxyl groups excluding tert-OH is 1. The smallest absolute Gasteiger partial charge is 0.407 e. The number of ether oxygens (including phenoxy) is 1. The lowest BCUT2D eigenvalue weighted by Gasteiger charge is -2.21. The highest BCUT2D eigenvalue weighted by Crippen LogP contribution is 2.44. The molecule has 1 aliphatic carbocycles. The largest absolute Gasteiger partial charge is 0.480 e. The van der Waals surface area contributed by atoms with E-state index in [1.807, 2.05) is 55.5 Å². The van der Waals surface area contributed by atoms with Crippen LogP contribution in [0.3, 0.4) is 0 Å². The SMILES string of the molecule is CCCCC(NC(=O)OCC1c2ccccc2-c2ccccc21)C(=O)NC(CO)C(=O)O. The van der Waals surface area contributed by atoms with E-state index >= 15 is 0 Å². The summed E-state index contributed by atoms with van der Waals surface area (Å²) < 4.78 is 5.48. The van der Waals surface area contributed by atoms with Gasteiger partial charge in [0.05, 0.1) is 6.61 Å². The van der Waals surface area contributed by atoms with Crippen LogP contribution in [0, 0.1) is 0 Å². The monoisotopic (exact) mass is 440 g/mol. The van der Waals surface area contributed by atoms with E-state index in [-0.39, 0.29) is 12.5 Å². The number of aliphatic carboxylic acids is 1. The van der Waals surface area contributed by atoms with Crippen molar-refractivity contribution in [2.45, 2.75) is 44.2 Å². The molecule has 0 bridgehead atoms. The third-order valence-corrected chi connectivity index (χ3v) is 5.60. The molecule has 0 saturated carbocycles. The Morgan fingerprint density at radius 3 is 2.09 bits per heavy atom. The minimum atomic E-state index is -1.43. The van der Waals surface area contributed by atoms with Gasteiger partial charge in [-0.05, 0) is 28.7 Å². The van der Waals surface area contributed by atoms with Crippen LogP contribution in [0.2, 0.25) is 0 Å². The first kappa shape index (κ1) is 23.3. The Morgan fingerprint density at radius 1 is 0.969 bits per heavy atom. The van der Waals surface area contributed by atoms with Crippen molar-refractivity contribution in [3.8, 4) is 11.1 Å². The van der Waals surface area contributed by atoms with Gasteiger partial charge in [0, 0.05) is 5.92 Å². The average Bonchev–Trinajstić information content (AvgIpc) is 3.12. The van der Waals surface area contributed by atoms with Crippen LogP contribution in [-0.2, 0) is 14.3 Å². The summed E-state index contributed by atoms with van der Waals surface area (Å²) in [6.07, 6.45) is 1.01. The van der Waals surface area contributed by atoms with Crippen molar-refractivity contribution in [1.82, 2.24) is 10.6 Å². The molecule has 4 N–H and O–H groups in total. The van der Waals surface area contributed by atoms with Crippen molar-refractivity contribution < 1.29 is 29.3 Å². The van der Waals surface area contributed by atoms with E-state index in [1.54, 1.807) is 0 Å². The van der Waals surface area contributed by atoms with E-state index in [1.165, 1.54) is 0 Å². The molecular formula is C24H28N2O6. The van der Waals surface area contributed by atoms with Crippen molar-refractivity contribution in [2.24, 2.45) is 0 Å². The number of nitrogens with one attached hydrogen (secondary N) is 2. The van der Waals surface area contributed by atoms with E-state index in [2.05, 4.69) is 10.6 Å². The molecule has 0 saturated heterocycles. The van der Waals surface area contributed by atoms with Crippen LogP contribution in [0.4, 0.5) is 4.79 Å². The van der Waals surface area contributed by atoms with Crippen molar-refractivity contribution in [1.29, 1.82) is 0 Å². The molecule has 2 aromatic rings. The van der Waals surface area contributed by atoms with Crippen LogP contribution in [0.1, 0.15) is 43.2 Å². The van der Waals surface area contributed by atoms with Gasteiger partial charge in [0.15, 0.2) is 0 Å². The third-order valence-electron chi connectivity index (χ3n) is 5.60. The molecule has 0 spiro atoms. The molecule has 0 radical (unpaired) electrons. The Bertz CT molecular complexity index is 931. The van der Waals surface area contributed by atoms with E-state index in [4.69, 9.17) is 14.9 Å². The lowest BCUT2D eigenvalue weighted by atomic mass is 9.98. The van der Waals surface area contributed by atoms with Gasteiger partial charge in [0.25, 0.3) is 0 Å². The molecule has 1 aliphatic rings. The highest BCUT2D eigenvalue weighted by Gasteiger charge is 2.30. The zero-order valence-electron chi connectivity index (χ0n) is 17.9. The van der Waals surface area contributed by atoms with Gasteiger partial charge < -0.3 is 25.6 Å². The number of aliphatic hydroxyl groups is 1. The highest BCUT2D eigenvalue weighted by atomic mass is 16.5. The van der Waals surface area contributed by atoms with Crippen LogP contribution in [0.15, 0.2) is 48.5 Å². The zero-order valence-corrected chi connectivity index (χ0v) is 17.9. The molecular weight excluding hydrogens is 412 g/mol. The summed E-state index contributed by atoms with van der Waals surface area (Å²) in [7, 11) is 0. The predicted molar refractivity (Wildman–Crippen MR) is 118 cm³/mol. The molecule has 170 valence electrons. The van der Waals surface area contributed by atoms with Gasteiger partial charge in [-0.25, -0.2) is 9.59 Å². The molecule has 2 amide bonds. The first-order chi connectivity index (χ1) is 15.5. The van der Waals surface area contributed by atoms with Crippen molar-refractivity contribution in [3.63, 3.8) is 0 Å². The Kier molecular flexibility index (Phi) is 7.83. The second-order valence-electron chi connectivity index (χ2n) is 7.75. The van der Waals surface area contributed by atoms with Gasteiger partial charge in [-0.15, -0.1) is 0 Å². The Morgan fingerprint density at radius 2 is 1.56 bits per heavy atom. The standard InChI is InChI=1S/C24H28N2O6/c1-2-3-12-20(22(28)25-21(13-27)23(29)30)26-24(31)32-14-19-17-10-6-4-8-15(17)16-9-5-7-11-18(16)19/h4-11,19-21,27H,2-3,12-14H2,1H3,(H,25,28)(H,26,31)(H,29,30). The fraction of sp³-hybridized carbons (Fsp3) is 0.375. The maximum absolute atomic E-state index is 12.5. The van der Waals surface area contributed by atoms with Gasteiger partial charge in [-0.1, -0.05) is 68.3 Å². The van der Waals surface area contributed by atoms with Gasteiger partial charge in [0.2, 0.25) is 5.91 Å². The summed E-state index contributed by atoms with van der Waals surface area (Å²) in [6, 6.07) is 13.6. The van der Waals surface area contributed by atoms with Gasteiger partial charge in [-0.3, -0.25) is 4.79 Å². The van der Waals surface area contributed by atoms with E-state index in [9.17, 15) is 14.4 Å². The fourth-order valence-electron chi connectivity index (χ4n) is 3.92. The summed E-state index contributed by atoms with van der Waals surface area (Å²) in [4.78, 5) is 36.1. The highest BCUT2D eigenvalue weighted by molar-refractivity contribution is 5.89. The lowest BCUT2D eigenvalue weighted by Crippen LogP contribution is -2.52. The van der Waals surface area contributed by atoms with Crippen molar-refractivity contribution in [2.75, 3.05) is 13.2 Å². The second-order valence-corrected chi connectivity index (χ2v) is 7.75. The number of hydrogen-bond donors (Lipinski definition) is 4. The average molecular weight is 440 g/mol. The zero-order chi connectivity index (χ0) is 23.1. The van der Waals surface area contributed by atoms with E-state index in [0.717, 1.165) is 28.7 Å². The van der Waals surface area contributed by atoms with Gasteiger partial charge >= 0.3 is 12.1 Å². The van der Waals surface area contributed by atoms with Crippen LogP contribution >= 0.6 is 0 Å². The number of carbonyl (C=O) groups is 3. The number of carboxylic acids is 1. The first-order valence-corrected chi connectivity index (χ1v) is 10.7. The van der Waals surface area contributed by atoms with Crippen LogP contribution in [0.25, 0.3) is 11.1 Å². The maximum Gasteiger partial charge on any atom is 0.407 e. The first-order valence-electron chi connectivity index (χ1n) is 10.7. The molecule has 0 heterocycles. The molecule has 0 aromatic heterocycles. The number of rotatable bonds is 10. The fourth-order valence-corrected chi connectivity index (χ4v) is 3.92. The number of hydrogen-bond acceptors (Lipinski definition) is 5. The second kappa shape index (κ2) is 10.8. The number of unbranched alkanes of at least 4 members (excludes halogenated alkanes) is 1. The number of alkyl carbamates (subject to hydrolysis) is 1. The number of benzene rings is 2. The third kappa shape index (κ3) is 5.26. The molecule has 2 unspecified atom stereocenters. The van der Waals surface area contributed by atoms with Crippen molar-refractivity contribution in [3.05, 3.63) is 59.7 Å². The minimum Gasteiger partial charge on any atom is -0.480 e. The topological polar surface area (TPSA) is 125 Å². The number of carboxylic acid groups (broad SMARTS) is 1. The molecule has 8 nitrogen and oxygen atoms in total. The summed E-state index contributed by atoms with van der Waals surface area (Å²) in [6.45, 7) is 1.30. The van der Waals surface area contributed by atoms with Crippen LogP contribution in [-0.4, -0.2) is 53.5 Å².